The molecule has 8 rings (SSSR count). The summed E-state index contributed by atoms with van der Waals surface area (Å²) in [4.78, 5) is 55.4. The van der Waals surface area contributed by atoms with E-state index in [4.69, 9.17) is 26.5 Å². The van der Waals surface area contributed by atoms with Crippen LogP contribution in [0.5, 0.6) is 0 Å². The number of carbonyl (C=O) groups is 3. The Balaban J connectivity index is 1.14. The fraction of sp³-hybridized carbons (Fsp3) is 0.245. The maximum atomic E-state index is 14.9. The SMILES string of the molecule is CC(C)(C)OC(=O)Nc1nc(/C(=N/OC(c2ccccc2)(c2ccccc2)c2ccccc2)C(=O)NC2C(=O)N3C(C(=S)OC(c4ccccc4)c4ccccc4)=C(CCCNS(C)(=O)=O)CS[C@H]23)cs1. The zero-order valence-corrected chi connectivity index (χ0v) is 42.6. The number of nitrogens with zero attached hydrogens (tertiary/aromatic N) is 3. The summed E-state index contributed by atoms with van der Waals surface area (Å²) in [7, 11) is -3.44. The van der Waals surface area contributed by atoms with Gasteiger partial charge in [-0.25, -0.2) is 22.9 Å². The topological polar surface area (TPSA) is 178 Å². The molecule has 0 spiro atoms. The molecule has 6 aromatic rings. The van der Waals surface area contributed by atoms with Crippen LogP contribution in [0.15, 0.2) is 173 Å². The van der Waals surface area contributed by atoms with E-state index in [-0.39, 0.29) is 28.1 Å². The fourth-order valence-corrected chi connectivity index (χ4v) is 11.1. The number of carbonyl (C=O) groups excluding carboxylic acids is 3. The first-order chi connectivity index (χ1) is 34.1. The van der Waals surface area contributed by atoms with Crippen molar-refractivity contribution in [2.45, 2.75) is 62.3 Å². The molecule has 1 saturated heterocycles. The van der Waals surface area contributed by atoms with Crippen molar-refractivity contribution >= 4 is 79.1 Å². The lowest BCUT2D eigenvalue weighted by Gasteiger charge is -2.50. The van der Waals surface area contributed by atoms with Crippen molar-refractivity contribution in [2.24, 2.45) is 5.16 Å². The molecule has 2 aliphatic rings. The van der Waals surface area contributed by atoms with Gasteiger partial charge in [0.15, 0.2) is 10.8 Å². The number of fused-ring (bicyclic) bond motifs is 1. The Labute approximate surface area is 427 Å². The van der Waals surface area contributed by atoms with Crippen LogP contribution in [0.3, 0.4) is 0 Å². The van der Waals surface area contributed by atoms with Gasteiger partial charge in [-0.3, -0.25) is 19.8 Å². The molecule has 3 N–H and O–H groups in total. The number of thioether (sulfide) groups is 1. The van der Waals surface area contributed by atoms with E-state index in [0.717, 1.165) is 51.0 Å². The molecule has 366 valence electrons. The molecule has 0 bridgehead atoms. The molecule has 3 heterocycles. The maximum Gasteiger partial charge on any atom is 0.413 e. The molecular weight excluding hydrogens is 977 g/mol. The second-order valence-electron chi connectivity index (χ2n) is 17.7. The molecule has 18 heteroatoms. The summed E-state index contributed by atoms with van der Waals surface area (Å²) in [6.45, 7) is 5.40. The summed E-state index contributed by atoms with van der Waals surface area (Å²) in [6.07, 6.45) is 0.584. The van der Waals surface area contributed by atoms with Gasteiger partial charge >= 0.3 is 6.09 Å². The molecular formula is C53H52N6O8S4. The van der Waals surface area contributed by atoms with E-state index in [1.54, 1.807) is 31.1 Å². The lowest BCUT2D eigenvalue weighted by molar-refractivity contribution is -0.144. The second kappa shape index (κ2) is 22.2. The lowest BCUT2D eigenvalue weighted by Crippen LogP contribution is -2.71. The van der Waals surface area contributed by atoms with Gasteiger partial charge in [0.05, 0.1) is 12.0 Å². The Morgan fingerprint density at radius 3 is 1.86 bits per heavy atom. The van der Waals surface area contributed by atoms with Crippen LogP contribution in [0.1, 0.15) is 73.2 Å². The van der Waals surface area contributed by atoms with E-state index in [9.17, 15) is 22.8 Å². The molecule has 1 aromatic heterocycles. The zero-order chi connectivity index (χ0) is 50.2. The Hall–Kier alpha value is -6.70. The molecule has 71 heavy (non-hydrogen) atoms. The van der Waals surface area contributed by atoms with E-state index in [0.29, 0.717) is 24.3 Å². The number of β-lactam (4-membered cyclic amide) rings is 1. The molecule has 14 nitrogen and oxygen atoms in total. The molecule has 1 fully saturated rings. The highest BCUT2D eigenvalue weighted by Gasteiger charge is 2.54. The van der Waals surface area contributed by atoms with Crippen molar-refractivity contribution in [1.82, 2.24) is 19.9 Å². The number of thiazole rings is 1. The third kappa shape index (κ3) is 12.1. The van der Waals surface area contributed by atoms with Crippen LogP contribution in [0.2, 0.25) is 0 Å². The van der Waals surface area contributed by atoms with E-state index < -0.39 is 56.7 Å². The highest BCUT2D eigenvalue weighted by Crippen LogP contribution is 2.44. The first-order valence-electron chi connectivity index (χ1n) is 22.7. The third-order valence-corrected chi connectivity index (χ3v) is 14.5. The number of rotatable bonds is 18. The van der Waals surface area contributed by atoms with E-state index in [1.807, 2.05) is 152 Å². The fourth-order valence-electron chi connectivity index (χ4n) is 8.21. The van der Waals surface area contributed by atoms with Crippen LogP contribution >= 0.6 is 35.3 Å². The number of ether oxygens (including phenoxy) is 2. The molecule has 5 aromatic carbocycles. The molecule has 2 atom stereocenters. The number of hydrogen-bond acceptors (Lipinski definition) is 13. The highest BCUT2D eigenvalue weighted by molar-refractivity contribution is 8.00. The van der Waals surface area contributed by atoms with E-state index in [2.05, 4.69) is 25.5 Å². The summed E-state index contributed by atoms with van der Waals surface area (Å²) in [5, 5.41) is 11.4. The van der Waals surface area contributed by atoms with Crippen LogP contribution in [-0.2, 0) is 39.5 Å². The smallest absolute Gasteiger partial charge is 0.413 e. The Morgan fingerprint density at radius 2 is 1.35 bits per heavy atom. The van der Waals surface area contributed by atoms with Gasteiger partial charge in [-0.15, -0.1) is 23.1 Å². The van der Waals surface area contributed by atoms with Crippen molar-refractivity contribution in [3.05, 3.63) is 202 Å². The van der Waals surface area contributed by atoms with Crippen LogP contribution in [0.4, 0.5) is 9.93 Å². The van der Waals surface area contributed by atoms with Gasteiger partial charge in [0.1, 0.15) is 28.8 Å². The van der Waals surface area contributed by atoms with Gasteiger partial charge < -0.3 is 19.6 Å². The first-order valence-corrected chi connectivity index (χ1v) is 27.0. The summed E-state index contributed by atoms with van der Waals surface area (Å²) < 4.78 is 38.6. The molecule has 1 unspecified atom stereocenters. The van der Waals surface area contributed by atoms with Crippen LogP contribution in [0.25, 0.3) is 0 Å². The quantitative estimate of drug-likeness (QED) is 0.0187. The Morgan fingerprint density at radius 1 is 0.831 bits per heavy atom. The average molecular weight is 1030 g/mol. The standard InChI is InChI=1S/C53H52N6O8S4/c1-52(2,3)66-51(62)57-50-55-41(34-70-50)42(58-67-53(38-26-14-7-15-27-38,39-28-16-8-17-29-39)40-30-18-9-19-31-40)46(60)56-43-47(61)59-44(37(33-69-48(43)59)25-20-32-54-71(4,63)64)49(68)65-45(35-21-10-5-11-22-35)36-23-12-6-13-24-36/h5-19,21-24,26-31,34,43,45,48,54H,20,25,32-33H2,1-4H3,(H,56,60)(H,55,57,62)/b58-42-/t43?,48-/m1/s1. The van der Waals surface area contributed by atoms with Gasteiger partial charge in [0, 0.05) is 34.4 Å². The third-order valence-electron chi connectivity index (χ3n) is 11.4. The number of anilines is 1. The molecule has 2 aliphatic heterocycles. The van der Waals surface area contributed by atoms with Gasteiger partial charge in [-0.05, 0) is 62.5 Å². The molecule has 0 radical (unpaired) electrons. The van der Waals surface area contributed by atoms with Gasteiger partial charge in [-0.2, -0.15) is 0 Å². The van der Waals surface area contributed by atoms with Crippen molar-refractivity contribution in [3.63, 3.8) is 0 Å². The van der Waals surface area contributed by atoms with Crippen molar-refractivity contribution < 1.29 is 37.1 Å². The minimum absolute atomic E-state index is 0.0644. The van der Waals surface area contributed by atoms with E-state index >= 15 is 0 Å². The van der Waals surface area contributed by atoms with Gasteiger partial charge in [0.25, 0.3) is 11.8 Å². The first kappa shape index (κ1) is 50.7. The van der Waals surface area contributed by atoms with Gasteiger partial charge in [0.2, 0.25) is 20.7 Å². The number of aromatic nitrogens is 1. The number of sulfonamides is 1. The largest absolute Gasteiger partial charge is 0.469 e. The Kier molecular flexibility index (Phi) is 15.8. The molecule has 0 saturated carbocycles. The van der Waals surface area contributed by atoms with Crippen LogP contribution < -0.4 is 15.4 Å². The zero-order valence-electron chi connectivity index (χ0n) is 39.3. The summed E-state index contributed by atoms with van der Waals surface area (Å²) in [6, 6.07) is 46.7. The summed E-state index contributed by atoms with van der Waals surface area (Å²) in [5.41, 5.74) is 2.69. The minimum Gasteiger partial charge on any atom is -0.469 e. The minimum atomic E-state index is -3.44. The number of benzene rings is 5. The number of hydrogen-bond donors (Lipinski definition) is 3. The van der Waals surface area contributed by atoms with Crippen LogP contribution in [-0.4, -0.2) is 82.5 Å². The monoisotopic (exact) mass is 1030 g/mol. The van der Waals surface area contributed by atoms with E-state index in [1.165, 1.54) is 11.8 Å². The van der Waals surface area contributed by atoms with Gasteiger partial charge in [-0.1, -0.05) is 157 Å². The second-order valence-corrected chi connectivity index (χ2v) is 21.8. The highest BCUT2D eigenvalue weighted by atomic mass is 32.2. The number of thiocarbonyl (C=S) groups is 1. The molecule has 3 amide bonds. The van der Waals surface area contributed by atoms with Crippen LogP contribution in [0, 0.1) is 0 Å². The predicted octanol–water partition coefficient (Wildman–Crippen LogP) is 9.32. The Bertz CT molecular complexity index is 2890. The van der Waals surface area contributed by atoms with Crippen molar-refractivity contribution in [1.29, 1.82) is 0 Å². The van der Waals surface area contributed by atoms with Crippen molar-refractivity contribution in [3.8, 4) is 0 Å². The number of amides is 3. The normalized spacial score (nSPS) is 16.2. The molecule has 0 aliphatic carbocycles. The maximum absolute atomic E-state index is 14.9. The average Bonchev–Trinajstić information content (AvgIpc) is 3.82. The van der Waals surface area contributed by atoms with Crippen molar-refractivity contribution in [2.75, 3.05) is 23.9 Å². The lowest BCUT2D eigenvalue weighted by atomic mass is 9.80. The number of oxime groups is 1. The number of nitrogens with one attached hydrogen (secondary N) is 3. The predicted molar refractivity (Wildman–Crippen MR) is 281 cm³/mol. The summed E-state index contributed by atoms with van der Waals surface area (Å²) in [5.74, 6) is -0.808. The summed E-state index contributed by atoms with van der Waals surface area (Å²) >= 11 is 8.59.